The predicted octanol–water partition coefficient (Wildman–Crippen LogP) is 2.07. The Morgan fingerprint density at radius 2 is 1.67 bits per heavy atom. The molecule has 34 valence electrons. The van der Waals surface area contributed by atoms with Gasteiger partial charge >= 0.3 is 0 Å². The largest absolute Gasteiger partial charge is 0.0861 e. The summed E-state index contributed by atoms with van der Waals surface area (Å²) >= 11 is 2.38. The molecule has 0 spiro atoms. The maximum atomic E-state index is 2.38. The fraction of sp³-hybridized carbons (Fsp3) is 1.00. The molecule has 0 nitrogen and oxygen atoms in total. The molecule has 6 heavy (non-hydrogen) atoms. The molecule has 0 radical (unpaired) electrons. The van der Waals surface area contributed by atoms with Crippen LogP contribution in [-0.2, 0) is 19.5 Å². The normalized spacial score (nSPS) is 8.00. The zero-order valence-electron chi connectivity index (χ0n) is 4.37. The van der Waals surface area contributed by atoms with Gasteiger partial charge in [-0.05, 0) is 5.92 Å². The van der Waals surface area contributed by atoms with E-state index in [1.54, 1.807) is 0 Å². The second kappa shape index (κ2) is 6.35. The first-order valence-corrected chi connectivity index (χ1v) is 3.36. The molecule has 0 fully saturated rings. The van der Waals surface area contributed by atoms with Gasteiger partial charge in [-0.3, -0.25) is 0 Å². The zero-order valence-corrected chi connectivity index (χ0v) is 9.49. The maximum Gasteiger partial charge on any atom is 0.00184 e. The summed E-state index contributed by atoms with van der Waals surface area (Å²) in [4.78, 5) is 0. The average molecular weight is 249 g/mol. The van der Waals surface area contributed by atoms with Crippen LogP contribution in [0, 0.1) is 5.92 Å². The van der Waals surface area contributed by atoms with Crippen molar-refractivity contribution in [1.29, 1.82) is 0 Å². The van der Waals surface area contributed by atoms with E-state index in [4.69, 9.17) is 0 Å². The van der Waals surface area contributed by atoms with E-state index >= 15 is 0 Å². The van der Waals surface area contributed by atoms with Crippen molar-refractivity contribution >= 4 is 22.6 Å². The molecule has 0 saturated carbocycles. The molecule has 0 heterocycles. The summed E-state index contributed by atoms with van der Waals surface area (Å²) < 4.78 is 1.28. The molecule has 0 aliphatic carbocycles. The van der Waals surface area contributed by atoms with Crippen molar-refractivity contribution in [3.05, 3.63) is 0 Å². The van der Waals surface area contributed by atoms with E-state index < -0.39 is 0 Å². The van der Waals surface area contributed by atoms with Crippen molar-refractivity contribution < 1.29 is 19.5 Å². The minimum Gasteiger partial charge on any atom is -0.0861 e. The average Bonchev–Trinajstić information content (AvgIpc) is 1.38. The van der Waals surface area contributed by atoms with Gasteiger partial charge in [0.05, 0.1) is 0 Å². The Kier molecular flexibility index (Phi) is 11.0. The molecule has 2 heteroatoms. The van der Waals surface area contributed by atoms with Crippen molar-refractivity contribution in [3.8, 4) is 0 Å². The van der Waals surface area contributed by atoms with Gasteiger partial charge in [0.15, 0.2) is 0 Å². The zero-order chi connectivity index (χ0) is 4.28. The molecule has 0 amide bonds. The summed E-state index contributed by atoms with van der Waals surface area (Å²) in [6.07, 6.45) is 0. The van der Waals surface area contributed by atoms with Crippen LogP contribution >= 0.6 is 22.6 Å². The first kappa shape index (κ1) is 10.4. The number of rotatable bonds is 1. The first-order chi connectivity index (χ1) is 2.27. The first-order valence-electron chi connectivity index (χ1n) is 1.83. The summed E-state index contributed by atoms with van der Waals surface area (Å²) in [6.45, 7) is 4.43. The number of hydrogen-bond acceptors (Lipinski definition) is 0. The second-order valence-corrected chi connectivity index (χ2v) is 2.43. The van der Waals surface area contributed by atoms with Crippen LogP contribution in [0.3, 0.4) is 0 Å². The minimum atomic E-state index is 0. The monoisotopic (exact) mass is 248 g/mol. The van der Waals surface area contributed by atoms with Gasteiger partial charge in [0.25, 0.3) is 0 Å². The second-order valence-electron chi connectivity index (χ2n) is 1.55. The Labute approximate surface area is 66.0 Å². The van der Waals surface area contributed by atoms with Crippen molar-refractivity contribution in [3.63, 3.8) is 0 Å². The van der Waals surface area contributed by atoms with Gasteiger partial charge in [0.1, 0.15) is 0 Å². The van der Waals surface area contributed by atoms with Crippen LogP contribution in [-0.4, -0.2) is 4.43 Å². The third-order valence-electron chi connectivity index (χ3n) is 0.309. The molecule has 0 saturated heterocycles. The fourth-order valence-corrected chi connectivity index (χ4v) is 0. The van der Waals surface area contributed by atoms with Crippen molar-refractivity contribution in [2.24, 2.45) is 5.92 Å². The van der Waals surface area contributed by atoms with E-state index in [2.05, 4.69) is 36.4 Å². The molecule has 0 aromatic heterocycles. The number of halogens is 1. The molecular formula is C4H9IZn. The Bertz CT molecular complexity index is 21.5. The van der Waals surface area contributed by atoms with Crippen LogP contribution in [0.1, 0.15) is 13.8 Å². The third kappa shape index (κ3) is 9.02. The predicted molar refractivity (Wildman–Crippen MR) is 33.7 cm³/mol. The molecule has 0 aromatic rings. The molecular weight excluding hydrogens is 240 g/mol. The minimum absolute atomic E-state index is 0. The molecule has 0 aliphatic rings. The van der Waals surface area contributed by atoms with Crippen molar-refractivity contribution in [2.75, 3.05) is 4.43 Å². The van der Waals surface area contributed by atoms with E-state index in [9.17, 15) is 0 Å². The van der Waals surface area contributed by atoms with Gasteiger partial charge in [-0.25, -0.2) is 0 Å². The van der Waals surface area contributed by atoms with Crippen LogP contribution in [0.2, 0.25) is 0 Å². The maximum absolute atomic E-state index is 2.38. The standard InChI is InChI=1S/C4H9I.Zn/c1-4(2)3-5;/h4H,3H2,1-2H3;. The molecule has 0 bridgehead atoms. The van der Waals surface area contributed by atoms with Crippen LogP contribution in [0.5, 0.6) is 0 Å². The Morgan fingerprint density at radius 3 is 1.67 bits per heavy atom. The molecule has 0 unspecified atom stereocenters. The van der Waals surface area contributed by atoms with Crippen LogP contribution in [0.4, 0.5) is 0 Å². The molecule has 0 rings (SSSR count). The van der Waals surface area contributed by atoms with E-state index in [0.29, 0.717) is 0 Å². The summed E-state index contributed by atoms with van der Waals surface area (Å²) in [7, 11) is 0. The summed E-state index contributed by atoms with van der Waals surface area (Å²) in [5.41, 5.74) is 0. The van der Waals surface area contributed by atoms with Gasteiger partial charge in [0.2, 0.25) is 0 Å². The molecule has 0 N–H and O–H groups in total. The van der Waals surface area contributed by atoms with Crippen LogP contribution < -0.4 is 0 Å². The van der Waals surface area contributed by atoms with Gasteiger partial charge in [-0.1, -0.05) is 36.4 Å². The van der Waals surface area contributed by atoms with Gasteiger partial charge < -0.3 is 0 Å². The van der Waals surface area contributed by atoms with E-state index in [-0.39, 0.29) is 19.5 Å². The van der Waals surface area contributed by atoms with Crippen molar-refractivity contribution in [2.45, 2.75) is 13.8 Å². The summed E-state index contributed by atoms with van der Waals surface area (Å²) in [6, 6.07) is 0. The Hall–Kier alpha value is 1.35. The smallest absolute Gasteiger partial charge is 0.00184 e. The molecule has 0 atom stereocenters. The fourth-order valence-electron chi connectivity index (χ4n) is 0. The van der Waals surface area contributed by atoms with Crippen molar-refractivity contribution in [1.82, 2.24) is 0 Å². The van der Waals surface area contributed by atoms with Gasteiger partial charge in [-0.2, -0.15) is 0 Å². The number of alkyl halides is 1. The van der Waals surface area contributed by atoms with Gasteiger partial charge in [0, 0.05) is 23.9 Å². The van der Waals surface area contributed by atoms with E-state index in [1.807, 2.05) is 0 Å². The van der Waals surface area contributed by atoms with Gasteiger partial charge in [-0.15, -0.1) is 0 Å². The number of hydrogen-bond donors (Lipinski definition) is 0. The molecule has 0 aliphatic heterocycles. The Morgan fingerprint density at radius 1 is 1.50 bits per heavy atom. The SMILES string of the molecule is CC(C)CI.[Zn]. The van der Waals surface area contributed by atoms with Crippen LogP contribution in [0.15, 0.2) is 0 Å². The Balaban J connectivity index is 0. The van der Waals surface area contributed by atoms with E-state index in [0.717, 1.165) is 5.92 Å². The topological polar surface area (TPSA) is 0 Å². The summed E-state index contributed by atoms with van der Waals surface area (Å²) in [5, 5.41) is 0. The quantitative estimate of drug-likeness (QED) is 0.379. The molecule has 0 aromatic carbocycles. The van der Waals surface area contributed by atoms with Crippen LogP contribution in [0.25, 0.3) is 0 Å². The third-order valence-corrected chi connectivity index (χ3v) is 2.07. The van der Waals surface area contributed by atoms with E-state index in [1.165, 1.54) is 4.43 Å². The summed E-state index contributed by atoms with van der Waals surface area (Å²) in [5.74, 6) is 0.871.